The molecule has 0 heterocycles. The second-order valence-corrected chi connectivity index (χ2v) is 5.15. The molecule has 18 heavy (non-hydrogen) atoms. The van der Waals surface area contributed by atoms with Crippen molar-refractivity contribution in [1.82, 2.24) is 4.90 Å². The van der Waals surface area contributed by atoms with Gasteiger partial charge >= 0.3 is 6.18 Å². The van der Waals surface area contributed by atoms with Gasteiger partial charge in [0.05, 0.1) is 12.0 Å². The van der Waals surface area contributed by atoms with Gasteiger partial charge in [-0.3, -0.25) is 4.99 Å². The molecule has 2 N–H and O–H groups in total. The lowest BCUT2D eigenvalue weighted by atomic mass is 9.68. The van der Waals surface area contributed by atoms with Crippen molar-refractivity contribution in [3.05, 3.63) is 0 Å². The second kappa shape index (κ2) is 5.42. The predicted octanol–water partition coefficient (Wildman–Crippen LogP) is 2.75. The Morgan fingerprint density at radius 1 is 1.39 bits per heavy atom. The third-order valence-corrected chi connectivity index (χ3v) is 3.91. The molecule has 7 heteroatoms. The first-order chi connectivity index (χ1) is 7.86. The van der Waals surface area contributed by atoms with Crippen LogP contribution in [0.15, 0.2) is 4.99 Å². The molecule has 2 rings (SSSR count). The molecule has 0 saturated heterocycles. The van der Waals surface area contributed by atoms with Crippen molar-refractivity contribution < 1.29 is 13.2 Å². The standard InChI is InChI=1S/C11H18F3N3.HI/c1-17(8-3-4-8)9(15)16-7-10(5-2-6-10)11(12,13)14;/h8H,2-7H2,1H3,(H2,15,16);1H. The van der Waals surface area contributed by atoms with Crippen molar-refractivity contribution in [1.29, 1.82) is 0 Å². The fourth-order valence-electron chi connectivity index (χ4n) is 2.13. The third-order valence-electron chi connectivity index (χ3n) is 3.91. The molecule has 0 amide bonds. The number of aliphatic imine (C=N–C) groups is 1. The fourth-order valence-corrected chi connectivity index (χ4v) is 2.13. The molecule has 0 aromatic carbocycles. The van der Waals surface area contributed by atoms with E-state index in [1.807, 2.05) is 0 Å². The molecule has 0 aromatic heterocycles. The summed E-state index contributed by atoms with van der Waals surface area (Å²) in [5.41, 5.74) is 4.09. The number of alkyl halides is 3. The van der Waals surface area contributed by atoms with Gasteiger partial charge in [0.15, 0.2) is 5.96 Å². The van der Waals surface area contributed by atoms with E-state index < -0.39 is 11.6 Å². The second-order valence-electron chi connectivity index (χ2n) is 5.15. The summed E-state index contributed by atoms with van der Waals surface area (Å²) >= 11 is 0. The van der Waals surface area contributed by atoms with Crippen LogP contribution >= 0.6 is 24.0 Å². The lowest BCUT2D eigenvalue weighted by molar-refractivity contribution is -0.246. The summed E-state index contributed by atoms with van der Waals surface area (Å²) in [6.07, 6.45) is -1.06. The number of hydrogen-bond donors (Lipinski definition) is 1. The van der Waals surface area contributed by atoms with Crippen LogP contribution in [0, 0.1) is 5.41 Å². The van der Waals surface area contributed by atoms with E-state index in [2.05, 4.69) is 4.99 Å². The number of nitrogens with zero attached hydrogens (tertiary/aromatic N) is 2. The highest BCUT2D eigenvalue weighted by molar-refractivity contribution is 14.0. The maximum Gasteiger partial charge on any atom is 0.396 e. The maximum absolute atomic E-state index is 12.9. The zero-order valence-corrected chi connectivity index (χ0v) is 12.7. The molecule has 0 bridgehead atoms. The highest BCUT2D eigenvalue weighted by atomic mass is 127. The molecule has 0 radical (unpaired) electrons. The lowest BCUT2D eigenvalue weighted by Crippen LogP contribution is -2.47. The third kappa shape index (κ3) is 3.03. The van der Waals surface area contributed by atoms with Gasteiger partial charge in [0, 0.05) is 13.1 Å². The Labute approximate surface area is 122 Å². The van der Waals surface area contributed by atoms with Crippen molar-refractivity contribution in [3.8, 4) is 0 Å². The van der Waals surface area contributed by atoms with E-state index in [0.717, 1.165) is 12.8 Å². The molecule has 0 spiro atoms. The number of rotatable bonds is 3. The van der Waals surface area contributed by atoms with Gasteiger partial charge < -0.3 is 10.6 Å². The molecule has 2 fully saturated rings. The van der Waals surface area contributed by atoms with Gasteiger partial charge in [-0.1, -0.05) is 6.42 Å². The molecular weight excluding hydrogens is 358 g/mol. The van der Waals surface area contributed by atoms with Crippen molar-refractivity contribution in [2.75, 3.05) is 13.6 Å². The van der Waals surface area contributed by atoms with Crippen LogP contribution in [0.2, 0.25) is 0 Å². The van der Waals surface area contributed by atoms with Crippen LogP contribution in [-0.2, 0) is 0 Å². The zero-order chi connectivity index (χ0) is 12.7. The summed E-state index contributed by atoms with van der Waals surface area (Å²) in [6, 6.07) is 0.377. The summed E-state index contributed by atoms with van der Waals surface area (Å²) in [5, 5.41) is 0. The molecule has 0 atom stereocenters. The normalized spacial score (nSPS) is 23.0. The van der Waals surface area contributed by atoms with Crippen molar-refractivity contribution in [3.63, 3.8) is 0 Å². The smallest absolute Gasteiger partial charge is 0.370 e. The van der Waals surface area contributed by atoms with Crippen LogP contribution in [0.1, 0.15) is 32.1 Å². The monoisotopic (exact) mass is 377 g/mol. The highest BCUT2D eigenvalue weighted by Crippen LogP contribution is 2.53. The first kappa shape index (κ1) is 15.8. The molecule has 106 valence electrons. The Balaban J connectivity index is 0.00000162. The number of halogens is 4. The van der Waals surface area contributed by atoms with E-state index >= 15 is 0 Å². The average molecular weight is 377 g/mol. The maximum atomic E-state index is 12.9. The van der Waals surface area contributed by atoms with E-state index in [4.69, 9.17) is 5.73 Å². The van der Waals surface area contributed by atoms with E-state index in [1.54, 1.807) is 11.9 Å². The first-order valence-electron chi connectivity index (χ1n) is 5.95. The van der Waals surface area contributed by atoms with E-state index in [9.17, 15) is 13.2 Å². The average Bonchev–Trinajstić information content (AvgIpc) is 2.95. The minimum absolute atomic E-state index is 0. The summed E-state index contributed by atoms with van der Waals surface area (Å²) < 4.78 is 38.6. The van der Waals surface area contributed by atoms with Crippen LogP contribution < -0.4 is 5.73 Å². The molecule has 2 saturated carbocycles. The summed E-state index contributed by atoms with van der Waals surface area (Å²) in [4.78, 5) is 5.73. The minimum Gasteiger partial charge on any atom is -0.370 e. The molecule has 0 aliphatic heterocycles. The van der Waals surface area contributed by atoms with Gasteiger partial charge in [0.1, 0.15) is 0 Å². The molecular formula is C11H19F3IN3. The zero-order valence-electron chi connectivity index (χ0n) is 10.3. The van der Waals surface area contributed by atoms with Crippen LogP contribution in [-0.4, -0.2) is 36.7 Å². The Hall–Kier alpha value is -0.210. The van der Waals surface area contributed by atoms with Gasteiger partial charge in [-0.25, -0.2) is 0 Å². The predicted molar refractivity (Wildman–Crippen MR) is 75.0 cm³/mol. The Kier molecular flexibility index (Phi) is 4.77. The molecule has 2 aliphatic carbocycles. The first-order valence-corrected chi connectivity index (χ1v) is 5.95. The van der Waals surface area contributed by atoms with Gasteiger partial charge in [-0.15, -0.1) is 24.0 Å². The van der Waals surface area contributed by atoms with Crippen LogP contribution in [0.5, 0.6) is 0 Å². The number of guanidine groups is 1. The van der Waals surface area contributed by atoms with E-state index in [1.165, 1.54) is 0 Å². The topological polar surface area (TPSA) is 41.6 Å². The molecule has 2 aliphatic rings. The van der Waals surface area contributed by atoms with Crippen molar-refractivity contribution in [2.45, 2.75) is 44.3 Å². The fraction of sp³-hybridized carbons (Fsp3) is 0.909. The van der Waals surface area contributed by atoms with E-state index in [-0.39, 0.29) is 49.3 Å². The molecule has 3 nitrogen and oxygen atoms in total. The summed E-state index contributed by atoms with van der Waals surface area (Å²) in [6.45, 7) is -0.223. The van der Waals surface area contributed by atoms with Crippen LogP contribution in [0.25, 0.3) is 0 Å². The van der Waals surface area contributed by atoms with Crippen molar-refractivity contribution >= 4 is 29.9 Å². The molecule has 0 unspecified atom stereocenters. The highest BCUT2D eigenvalue weighted by Gasteiger charge is 2.58. The summed E-state index contributed by atoms with van der Waals surface area (Å²) in [5.74, 6) is 0.239. The number of hydrogen-bond acceptors (Lipinski definition) is 1. The van der Waals surface area contributed by atoms with Gasteiger partial charge in [0.2, 0.25) is 0 Å². The lowest BCUT2D eigenvalue weighted by Gasteiger charge is -2.42. The Morgan fingerprint density at radius 3 is 2.28 bits per heavy atom. The van der Waals surface area contributed by atoms with Crippen molar-refractivity contribution in [2.24, 2.45) is 16.1 Å². The Morgan fingerprint density at radius 2 is 1.94 bits per heavy atom. The van der Waals surface area contributed by atoms with Gasteiger partial charge in [0.25, 0.3) is 0 Å². The van der Waals surface area contributed by atoms with Crippen LogP contribution in [0.4, 0.5) is 13.2 Å². The molecule has 0 aromatic rings. The Bertz CT molecular complexity index is 322. The SMILES string of the molecule is CN(C(N)=NCC1(C(F)(F)F)CCC1)C1CC1.I. The summed E-state index contributed by atoms with van der Waals surface area (Å²) in [7, 11) is 1.79. The van der Waals surface area contributed by atoms with Gasteiger partial charge in [-0.2, -0.15) is 13.2 Å². The van der Waals surface area contributed by atoms with Gasteiger partial charge in [-0.05, 0) is 25.7 Å². The van der Waals surface area contributed by atoms with Crippen LogP contribution in [0.3, 0.4) is 0 Å². The van der Waals surface area contributed by atoms with E-state index in [0.29, 0.717) is 12.5 Å². The minimum atomic E-state index is -4.16. The number of nitrogens with two attached hydrogens (primary N) is 1. The largest absolute Gasteiger partial charge is 0.396 e. The quantitative estimate of drug-likeness (QED) is 0.467.